The molecule has 3 aromatic rings. The van der Waals surface area contributed by atoms with E-state index in [2.05, 4.69) is 17.4 Å². The quantitative estimate of drug-likeness (QED) is 0.460. The van der Waals surface area contributed by atoms with Crippen molar-refractivity contribution in [3.05, 3.63) is 96.6 Å². The van der Waals surface area contributed by atoms with Crippen LogP contribution in [0, 0.1) is 0 Å². The first-order valence-corrected chi connectivity index (χ1v) is 10.1. The molecule has 0 heterocycles. The molecule has 0 bridgehead atoms. The monoisotopic (exact) mass is 423 g/mol. The molecule has 3 N–H and O–H groups in total. The van der Waals surface area contributed by atoms with Crippen molar-refractivity contribution >= 4 is 5.97 Å². The van der Waals surface area contributed by atoms with E-state index >= 15 is 0 Å². The highest BCUT2D eigenvalue weighted by atomic mass is 16.5. The van der Waals surface area contributed by atoms with Crippen LogP contribution < -0.4 is 14.8 Å². The fourth-order valence-corrected chi connectivity index (χ4v) is 2.50. The Bertz CT molecular complexity index is 859. The van der Waals surface area contributed by atoms with Gasteiger partial charge in [-0.1, -0.05) is 66.7 Å². The van der Waals surface area contributed by atoms with Gasteiger partial charge in [-0.15, -0.1) is 0 Å². The van der Waals surface area contributed by atoms with Crippen molar-refractivity contribution in [3.8, 4) is 11.5 Å². The van der Waals surface area contributed by atoms with Crippen LogP contribution in [0.2, 0.25) is 0 Å². The number of ether oxygens (including phenoxy) is 2. The number of nitrogens with one attached hydrogen (secondary N) is 1. The summed E-state index contributed by atoms with van der Waals surface area (Å²) in [6, 6.07) is 28.5. The van der Waals surface area contributed by atoms with Crippen LogP contribution in [0.1, 0.15) is 12.5 Å². The molecule has 6 heteroatoms. The second-order valence-corrected chi connectivity index (χ2v) is 6.81. The Morgan fingerprint density at radius 1 is 0.871 bits per heavy atom. The minimum atomic E-state index is -0.959. The lowest BCUT2D eigenvalue weighted by Crippen LogP contribution is -2.31. The molecule has 3 aromatic carbocycles. The Morgan fingerprint density at radius 2 is 1.39 bits per heavy atom. The normalized spacial score (nSPS) is 12.1. The number of aliphatic hydroxyl groups is 1. The van der Waals surface area contributed by atoms with Gasteiger partial charge >= 0.3 is 5.97 Å². The van der Waals surface area contributed by atoms with E-state index < -0.39 is 18.2 Å². The van der Waals surface area contributed by atoms with E-state index in [1.165, 1.54) is 12.5 Å². The second-order valence-electron chi connectivity index (χ2n) is 6.81. The minimum Gasteiger partial charge on any atom is -0.491 e. The number of carbonyl (C=O) groups is 1. The largest absolute Gasteiger partial charge is 0.491 e. The molecule has 0 aliphatic carbocycles. The van der Waals surface area contributed by atoms with Crippen LogP contribution in [0.25, 0.3) is 0 Å². The number of hydrogen-bond acceptors (Lipinski definition) is 5. The van der Waals surface area contributed by atoms with Crippen LogP contribution >= 0.6 is 0 Å². The number of aliphatic carboxylic acids is 1. The van der Waals surface area contributed by atoms with Gasteiger partial charge < -0.3 is 25.0 Å². The number of carboxylic acids is 1. The van der Waals surface area contributed by atoms with Gasteiger partial charge in [-0.2, -0.15) is 0 Å². The summed E-state index contributed by atoms with van der Waals surface area (Å²) in [6.07, 6.45) is -1.31. The Labute approximate surface area is 183 Å². The molecule has 0 saturated carbocycles. The highest BCUT2D eigenvalue weighted by Gasteiger charge is 2.11. The summed E-state index contributed by atoms with van der Waals surface area (Å²) >= 11 is 0. The lowest BCUT2D eigenvalue weighted by Gasteiger charge is -2.13. The van der Waals surface area contributed by atoms with Crippen LogP contribution in [-0.2, 0) is 11.3 Å². The molecule has 3 rings (SSSR count). The molecule has 31 heavy (non-hydrogen) atoms. The van der Waals surface area contributed by atoms with Crippen LogP contribution in [0.4, 0.5) is 0 Å². The summed E-state index contributed by atoms with van der Waals surface area (Å²) in [4.78, 5) is 10.4. The molecular formula is C25H29NO5. The summed E-state index contributed by atoms with van der Waals surface area (Å²) in [5.74, 6) is 0.399. The van der Waals surface area contributed by atoms with Gasteiger partial charge in [0.05, 0.1) is 0 Å². The van der Waals surface area contributed by atoms with E-state index in [1.54, 1.807) is 24.3 Å². The van der Waals surface area contributed by atoms with Gasteiger partial charge in [0.25, 0.3) is 0 Å². The first kappa shape index (κ1) is 23.9. The highest BCUT2D eigenvalue weighted by Crippen LogP contribution is 2.10. The lowest BCUT2D eigenvalue weighted by atomic mass is 10.2. The van der Waals surface area contributed by atoms with Gasteiger partial charge in [-0.25, -0.2) is 4.79 Å². The Hall–Kier alpha value is -3.35. The maximum Gasteiger partial charge on any atom is 0.344 e. The van der Waals surface area contributed by atoms with Crippen molar-refractivity contribution in [2.45, 2.75) is 25.7 Å². The third kappa shape index (κ3) is 10.3. The lowest BCUT2D eigenvalue weighted by molar-refractivity contribution is -0.144. The fourth-order valence-electron chi connectivity index (χ4n) is 2.50. The molecule has 0 amide bonds. The molecule has 0 aromatic heterocycles. The SMILES string of the molecule is CC(Oc1ccccc1)C(=O)O.OC(CNCc1ccccc1)COc1ccccc1. The van der Waals surface area contributed by atoms with Gasteiger partial charge in [0.2, 0.25) is 0 Å². The Balaban J connectivity index is 0.000000245. The van der Waals surface area contributed by atoms with Crippen LogP contribution in [-0.4, -0.2) is 41.5 Å². The molecule has 0 aliphatic heterocycles. The summed E-state index contributed by atoms with van der Waals surface area (Å²) in [7, 11) is 0. The molecule has 2 unspecified atom stereocenters. The standard InChI is InChI=1S/C16H19NO2.C9H10O3/c18-15(13-19-16-9-5-2-6-10-16)12-17-11-14-7-3-1-4-8-14;1-7(9(10)11)12-8-5-3-2-4-6-8/h1-10,15,17-18H,11-13H2;2-7H,1H3,(H,10,11). The zero-order valence-corrected chi connectivity index (χ0v) is 17.6. The Morgan fingerprint density at radius 3 is 1.94 bits per heavy atom. The highest BCUT2D eigenvalue weighted by molar-refractivity contribution is 5.72. The number of aliphatic hydroxyl groups excluding tert-OH is 1. The first-order chi connectivity index (χ1) is 15.0. The fraction of sp³-hybridized carbons (Fsp3) is 0.240. The van der Waals surface area contributed by atoms with Gasteiger partial charge in [0.1, 0.15) is 24.2 Å². The average Bonchev–Trinajstić information content (AvgIpc) is 2.80. The van der Waals surface area contributed by atoms with Gasteiger partial charge in [0, 0.05) is 13.1 Å². The number of carboxylic acid groups (broad SMARTS) is 1. The topological polar surface area (TPSA) is 88.0 Å². The summed E-state index contributed by atoms with van der Waals surface area (Å²) in [5, 5.41) is 21.5. The van der Waals surface area contributed by atoms with Gasteiger partial charge in [-0.3, -0.25) is 0 Å². The van der Waals surface area contributed by atoms with Gasteiger partial charge in [-0.05, 0) is 36.8 Å². The summed E-state index contributed by atoms with van der Waals surface area (Å²) in [5.41, 5.74) is 1.21. The van der Waals surface area contributed by atoms with Crippen LogP contribution in [0.15, 0.2) is 91.0 Å². The molecule has 0 fully saturated rings. The predicted octanol–water partition coefficient (Wildman–Crippen LogP) is 3.75. The molecule has 0 spiro atoms. The van der Waals surface area contributed by atoms with Crippen molar-refractivity contribution in [2.24, 2.45) is 0 Å². The third-order valence-corrected chi connectivity index (χ3v) is 4.14. The molecule has 0 radical (unpaired) electrons. The number of hydrogen-bond donors (Lipinski definition) is 3. The molecular weight excluding hydrogens is 394 g/mol. The van der Waals surface area contributed by atoms with Crippen molar-refractivity contribution < 1.29 is 24.5 Å². The zero-order chi connectivity index (χ0) is 22.3. The molecule has 0 saturated heterocycles. The maximum atomic E-state index is 10.4. The van der Waals surface area contributed by atoms with E-state index in [-0.39, 0.29) is 0 Å². The molecule has 164 valence electrons. The first-order valence-electron chi connectivity index (χ1n) is 10.1. The second kappa shape index (κ2) is 13.8. The van der Waals surface area contributed by atoms with Crippen molar-refractivity contribution in [1.29, 1.82) is 0 Å². The van der Waals surface area contributed by atoms with E-state index in [0.29, 0.717) is 18.9 Å². The van der Waals surface area contributed by atoms with E-state index in [0.717, 1.165) is 12.3 Å². The molecule has 0 aliphatic rings. The van der Waals surface area contributed by atoms with Crippen molar-refractivity contribution in [2.75, 3.05) is 13.2 Å². The number of rotatable bonds is 10. The maximum absolute atomic E-state index is 10.4. The molecule has 2 atom stereocenters. The summed E-state index contributed by atoms with van der Waals surface area (Å²) < 4.78 is 10.6. The van der Waals surface area contributed by atoms with E-state index in [4.69, 9.17) is 14.6 Å². The van der Waals surface area contributed by atoms with Crippen molar-refractivity contribution in [3.63, 3.8) is 0 Å². The van der Waals surface area contributed by atoms with Crippen molar-refractivity contribution in [1.82, 2.24) is 5.32 Å². The van der Waals surface area contributed by atoms with E-state index in [1.807, 2.05) is 54.6 Å². The number of benzene rings is 3. The zero-order valence-electron chi connectivity index (χ0n) is 17.6. The van der Waals surface area contributed by atoms with Crippen LogP contribution in [0.5, 0.6) is 11.5 Å². The van der Waals surface area contributed by atoms with E-state index in [9.17, 15) is 9.90 Å². The van der Waals surface area contributed by atoms with Gasteiger partial charge in [0.15, 0.2) is 6.10 Å². The number of para-hydroxylation sites is 2. The smallest absolute Gasteiger partial charge is 0.344 e. The summed E-state index contributed by atoms with van der Waals surface area (Å²) in [6.45, 7) is 3.06. The minimum absolute atomic E-state index is 0.297. The predicted molar refractivity (Wildman–Crippen MR) is 120 cm³/mol. The third-order valence-electron chi connectivity index (χ3n) is 4.14. The Kier molecular flexibility index (Phi) is 10.6. The average molecular weight is 424 g/mol. The van der Waals surface area contributed by atoms with Crippen LogP contribution in [0.3, 0.4) is 0 Å². The molecule has 6 nitrogen and oxygen atoms in total.